The first kappa shape index (κ1) is 16.8. The molecule has 0 aliphatic heterocycles. The fourth-order valence-electron chi connectivity index (χ4n) is 3.07. The molecule has 4 nitrogen and oxygen atoms in total. The zero-order valence-electron chi connectivity index (χ0n) is 13.8. The van der Waals surface area contributed by atoms with Gasteiger partial charge in [-0.15, -0.1) is 0 Å². The maximum atomic E-state index is 12.5. The SMILES string of the molecule is COc1ccc(C(C)(C)C(=O)NCC(O)C2CCCC2)cc1. The third-order valence-corrected chi connectivity index (χ3v) is 4.80. The van der Waals surface area contributed by atoms with Gasteiger partial charge in [-0.3, -0.25) is 4.79 Å². The van der Waals surface area contributed by atoms with E-state index in [1.807, 2.05) is 38.1 Å². The Balaban J connectivity index is 1.94. The molecule has 1 aliphatic rings. The molecule has 0 heterocycles. The van der Waals surface area contributed by atoms with E-state index in [9.17, 15) is 9.90 Å². The van der Waals surface area contributed by atoms with E-state index in [1.165, 1.54) is 12.8 Å². The molecule has 1 saturated carbocycles. The summed E-state index contributed by atoms with van der Waals surface area (Å²) in [4.78, 5) is 12.5. The van der Waals surface area contributed by atoms with Crippen molar-refractivity contribution in [3.63, 3.8) is 0 Å². The monoisotopic (exact) mass is 305 g/mol. The minimum Gasteiger partial charge on any atom is -0.497 e. The fourth-order valence-corrected chi connectivity index (χ4v) is 3.07. The molecule has 0 aromatic heterocycles. The van der Waals surface area contributed by atoms with Crippen molar-refractivity contribution in [1.82, 2.24) is 5.32 Å². The fraction of sp³-hybridized carbons (Fsp3) is 0.611. The predicted molar refractivity (Wildman–Crippen MR) is 87.0 cm³/mol. The van der Waals surface area contributed by atoms with E-state index in [0.717, 1.165) is 24.2 Å². The first-order valence-electron chi connectivity index (χ1n) is 8.06. The molecule has 1 fully saturated rings. The molecule has 1 unspecified atom stereocenters. The summed E-state index contributed by atoms with van der Waals surface area (Å²) in [6, 6.07) is 7.53. The standard InChI is InChI=1S/C18H27NO3/c1-18(2,14-8-10-15(22-3)11-9-14)17(21)19-12-16(20)13-6-4-5-7-13/h8-11,13,16,20H,4-7,12H2,1-3H3,(H,19,21). The molecular weight excluding hydrogens is 278 g/mol. The summed E-state index contributed by atoms with van der Waals surface area (Å²) in [5, 5.41) is 13.1. The van der Waals surface area contributed by atoms with E-state index in [1.54, 1.807) is 7.11 Å². The molecule has 122 valence electrons. The van der Waals surface area contributed by atoms with Crippen molar-refractivity contribution in [2.45, 2.75) is 51.0 Å². The second-order valence-electron chi connectivity index (χ2n) is 6.68. The van der Waals surface area contributed by atoms with Crippen LogP contribution >= 0.6 is 0 Å². The molecule has 1 atom stereocenters. The van der Waals surface area contributed by atoms with Crippen LogP contribution in [0.3, 0.4) is 0 Å². The van der Waals surface area contributed by atoms with Gasteiger partial charge in [0.15, 0.2) is 0 Å². The van der Waals surface area contributed by atoms with Crippen LogP contribution in [0.15, 0.2) is 24.3 Å². The van der Waals surface area contributed by atoms with Crippen LogP contribution in [-0.4, -0.2) is 30.8 Å². The summed E-state index contributed by atoms with van der Waals surface area (Å²) in [6.07, 6.45) is 4.08. The lowest BCUT2D eigenvalue weighted by molar-refractivity contribution is -0.126. The van der Waals surface area contributed by atoms with Gasteiger partial charge in [-0.05, 0) is 50.3 Å². The molecule has 0 spiro atoms. The molecule has 1 aromatic rings. The second kappa shape index (κ2) is 7.14. The van der Waals surface area contributed by atoms with E-state index >= 15 is 0 Å². The van der Waals surface area contributed by atoms with Gasteiger partial charge in [0.2, 0.25) is 5.91 Å². The smallest absolute Gasteiger partial charge is 0.230 e. The minimum absolute atomic E-state index is 0.0605. The van der Waals surface area contributed by atoms with Crippen molar-refractivity contribution in [3.8, 4) is 5.75 Å². The minimum atomic E-state index is -0.637. The van der Waals surface area contributed by atoms with E-state index in [0.29, 0.717) is 12.5 Å². The summed E-state index contributed by atoms with van der Waals surface area (Å²) >= 11 is 0. The lowest BCUT2D eigenvalue weighted by atomic mass is 9.83. The average molecular weight is 305 g/mol. The number of nitrogens with one attached hydrogen (secondary N) is 1. The lowest BCUT2D eigenvalue weighted by Crippen LogP contribution is -2.44. The largest absolute Gasteiger partial charge is 0.497 e. The van der Waals surface area contributed by atoms with E-state index in [4.69, 9.17) is 4.74 Å². The Morgan fingerprint density at radius 1 is 1.32 bits per heavy atom. The van der Waals surface area contributed by atoms with E-state index in [-0.39, 0.29) is 5.91 Å². The summed E-state index contributed by atoms with van der Waals surface area (Å²) in [7, 11) is 1.62. The molecule has 0 bridgehead atoms. The van der Waals surface area contributed by atoms with Crippen LogP contribution in [0.2, 0.25) is 0 Å². The first-order valence-corrected chi connectivity index (χ1v) is 8.06. The van der Waals surface area contributed by atoms with Crippen molar-refractivity contribution in [2.24, 2.45) is 5.92 Å². The number of rotatable bonds is 6. The molecule has 0 radical (unpaired) electrons. The van der Waals surface area contributed by atoms with Crippen LogP contribution in [0.1, 0.15) is 45.1 Å². The molecule has 4 heteroatoms. The van der Waals surface area contributed by atoms with Crippen molar-refractivity contribution in [1.29, 1.82) is 0 Å². The van der Waals surface area contributed by atoms with Crippen LogP contribution in [0.4, 0.5) is 0 Å². The van der Waals surface area contributed by atoms with Crippen LogP contribution in [-0.2, 0) is 10.2 Å². The summed E-state index contributed by atoms with van der Waals surface area (Å²) < 4.78 is 5.14. The van der Waals surface area contributed by atoms with Gasteiger partial charge >= 0.3 is 0 Å². The highest BCUT2D eigenvalue weighted by Crippen LogP contribution is 2.28. The lowest BCUT2D eigenvalue weighted by Gasteiger charge is -2.26. The van der Waals surface area contributed by atoms with Crippen LogP contribution in [0.5, 0.6) is 5.75 Å². The predicted octanol–water partition coefficient (Wildman–Crippen LogP) is 2.64. The molecule has 22 heavy (non-hydrogen) atoms. The molecule has 1 aromatic carbocycles. The van der Waals surface area contributed by atoms with Gasteiger partial charge in [-0.1, -0.05) is 25.0 Å². The van der Waals surface area contributed by atoms with Crippen LogP contribution < -0.4 is 10.1 Å². The van der Waals surface area contributed by atoms with Crippen molar-refractivity contribution >= 4 is 5.91 Å². The Morgan fingerprint density at radius 2 is 1.91 bits per heavy atom. The first-order chi connectivity index (χ1) is 10.4. The van der Waals surface area contributed by atoms with Crippen molar-refractivity contribution in [3.05, 3.63) is 29.8 Å². The quantitative estimate of drug-likeness (QED) is 0.849. The second-order valence-corrected chi connectivity index (χ2v) is 6.68. The molecule has 0 saturated heterocycles. The highest BCUT2D eigenvalue weighted by molar-refractivity contribution is 5.87. The Bertz CT molecular complexity index is 490. The number of benzene rings is 1. The van der Waals surface area contributed by atoms with Crippen LogP contribution in [0.25, 0.3) is 0 Å². The highest BCUT2D eigenvalue weighted by Gasteiger charge is 2.31. The summed E-state index contributed by atoms with van der Waals surface area (Å²) in [5.41, 5.74) is 0.294. The molecule has 2 rings (SSSR count). The van der Waals surface area contributed by atoms with Crippen LogP contribution in [0, 0.1) is 5.92 Å². The summed E-state index contributed by atoms with van der Waals surface area (Å²) in [6.45, 7) is 4.13. The Hall–Kier alpha value is -1.55. The number of hydrogen-bond donors (Lipinski definition) is 2. The highest BCUT2D eigenvalue weighted by atomic mass is 16.5. The van der Waals surface area contributed by atoms with E-state index < -0.39 is 11.5 Å². The normalized spacial score (nSPS) is 17.3. The number of methoxy groups -OCH3 is 1. The molecular formula is C18H27NO3. The van der Waals surface area contributed by atoms with Crippen molar-refractivity contribution < 1.29 is 14.6 Å². The van der Waals surface area contributed by atoms with Gasteiger partial charge < -0.3 is 15.2 Å². The summed E-state index contributed by atoms with van der Waals surface area (Å²) in [5.74, 6) is 1.05. The molecule has 2 N–H and O–H groups in total. The zero-order chi connectivity index (χ0) is 16.2. The third kappa shape index (κ3) is 3.80. The maximum absolute atomic E-state index is 12.5. The molecule has 1 amide bonds. The van der Waals surface area contributed by atoms with Gasteiger partial charge in [0.1, 0.15) is 5.75 Å². The Labute approximate surface area is 132 Å². The third-order valence-electron chi connectivity index (χ3n) is 4.80. The average Bonchev–Trinajstić information content (AvgIpc) is 3.06. The number of ether oxygens (including phenoxy) is 1. The zero-order valence-corrected chi connectivity index (χ0v) is 13.8. The Morgan fingerprint density at radius 3 is 2.45 bits per heavy atom. The van der Waals surface area contributed by atoms with Gasteiger partial charge in [-0.2, -0.15) is 0 Å². The number of aliphatic hydroxyl groups excluding tert-OH is 1. The number of hydrogen-bond acceptors (Lipinski definition) is 3. The van der Waals surface area contributed by atoms with Crippen molar-refractivity contribution in [2.75, 3.05) is 13.7 Å². The van der Waals surface area contributed by atoms with Gasteiger partial charge in [-0.25, -0.2) is 0 Å². The number of carbonyl (C=O) groups is 1. The Kier molecular flexibility index (Phi) is 5.46. The van der Waals surface area contributed by atoms with Gasteiger partial charge in [0, 0.05) is 6.54 Å². The number of carbonyl (C=O) groups excluding carboxylic acids is 1. The number of aliphatic hydroxyl groups is 1. The number of amides is 1. The topological polar surface area (TPSA) is 58.6 Å². The van der Waals surface area contributed by atoms with Gasteiger partial charge in [0.25, 0.3) is 0 Å². The molecule has 1 aliphatic carbocycles. The van der Waals surface area contributed by atoms with E-state index in [2.05, 4.69) is 5.32 Å². The maximum Gasteiger partial charge on any atom is 0.230 e. The van der Waals surface area contributed by atoms with Gasteiger partial charge in [0.05, 0.1) is 18.6 Å².